The number of aryl methyl sites for hydroxylation is 1. The standard InChI is InChI=1S/C21H23Cl2NO5S/c1-12(2)11-24-30(27,28)19-9-16(17(22)10-18(19)23)21(26)29-14(4)20(25)15-7-5-13(3)6-8-15/h5-10,12,14,24H,11H2,1-4H3/t14-/m0/s1. The molecule has 0 fully saturated rings. The van der Waals surface area contributed by atoms with Gasteiger partial charge in [-0.3, -0.25) is 4.79 Å². The smallest absolute Gasteiger partial charge is 0.340 e. The molecule has 0 saturated heterocycles. The van der Waals surface area contributed by atoms with E-state index in [2.05, 4.69) is 4.72 Å². The summed E-state index contributed by atoms with van der Waals surface area (Å²) in [4.78, 5) is 24.8. The van der Waals surface area contributed by atoms with Crippen molar-refractivity contribution in [3.63, 3.8) is 0 Å². The molecule has 2 aromatic rings. The summed E-state index contributed by atoms with van der Waals surface area (Å²) in [6.45, 7) is 7.22. The van der Waals surface area contributed by atoms with Gasteiger partial charge in [-0.1, -0.05) is 66.9 Å². The lowest BCUT2D eigenvalue weighted by Gasteiger charge is -2.15. The number of ketones is 1. The molecule has 0 aliphatic heterocycles. The third-order valence-corrected chi connectivity index (χ3v) is 6.40. The molecular weight excluding hydrogens is 449 g/mol. The van der Waals surface area contributed by atoms with Crippen molar-refractivity contribution >= 4 is 45.0 Å². The Balaban J connectivity index is 2.26. The predicted octanol–water partition coefficient (Wildman–Crippen LogP) is 4.66. The molecule has 2 aromatic carbocycles. The molecule has 1 N–H and O–H groups in total. The number of Topliss-reactive ketones (excluding diaryl/α,β-unsaturated/α-hetero) is 1. The maximum absolute atomic E-state index is 12.6. The van der Waals surface area contributed by atoms with Gasteiger partial charge in [0.25, 0.3) is 0 Å². The molecule has 1 atom stereocenters. The first-order valence-corrected chi connectivity index (χ1v) is 11.5. The number of ether oxygens (including phenoxy) is 1. The van der Waals surface area contributed by atoms with Gasteiger partial charge in [-0.05, 0) is 31.9 Å². The van der Waals surface area contributed by atoms with Gasteiger partial charge in [-0.2, -0.15) is 0 Å². The molecule has 0 aliphatic rings. The maximum Gasteiger partial charge on any atom is 0.340 e. The normalized spacial score (nSPS) is 12.6. The number of hydrogen-bond donors (Lipinski definition) is 1. The molecule has 0 bridgehead atoms. The third kappa shape index (κ3) is 6.04. The highest BCUT2D eigenvalue weighted by molar-refractivity contribution is 7.89. The Bertz CT molecular complexity index is 1050. The molecule has 9 heteroatoms. The molecular formula is C21H23Cl2NO5S. The number of benzene rings is 2. The lowest BCUT2D eigenvalue weighted by Crippen LogP contribution is -2.28. The number of nitrogens with one attached hydrogen (secondary N) is 1. The fourth-order valence-corrected chi connectivity index (χ4v) is 4.54. The van der Waals surface area contributed by atoms with Crippen LogP contribution in [0.15, 0.2) is 41.3 Å². The second-order valence-electron chi connectivity index (χ2n) is 7.29. The zero-order valence-electron chi connectivity index (χ0n) is 17.0. The number of esters is 1. The third-order valence-electron chi connectivity index (χ3n) is 4.20. The van der Waals surface area contributed by atoms with Crippen LogP contribution in [0.4, 0.5) is 0 Å². The van der Waals surface area contributed by atoms with Crippen molar-refractivity contribution in [1.82, 2.24) is 4.72 Å². The molecule has 162 valence electrons. The number of sulfonamides is 1. The number of carbonyl (C=O) groups excluding carboxylic acids is 2. The van der Waals surface area contributed by atoms with E-state index in [1.165, 1.54) is 6.92 Å². The Morgan fingerprint density at radius 1 is 1.03 bits per heavy atom. The molecule has 30 heavy (non-hydrogen) atoms. The maximum atomic E-state index is 12.6. The lowest BCUT2D eigenvalue weighted by molar-refractivity contribution is 0.0318. The fraction of sp³-hybridized carbons (Fsp3) is 0.333. The first-order valence-electron chi connectivity index (χ1n) is 9.23. The van der Waals surface area contributed by atoms with Crippen molar-refractivity contribution in [3.8, 4) is 0 Å². The number of rotatable bonds is 8. The minimum absolute atomic E-state index is 0.0731. The highest BCUT2D eigenvalue weighted by Crippen LogP contribution is 2.29. The van der Waals surface area contributed by atoms with Crippen LogP contribution in [-0.4, -0.2) is 32.8 Å². The van der Waals surface area contributed by atoms with Crippen LogP contribution in [0.1, 0.15) is 47.1 Å². The van der Waals surface area contributed by atoms with Crippen LogP contribution in [0.5, 0.6) is 0 Å². The van der Waals surface area contributed by atoms with E-state index in [0.717, 1.165) is 17.7 Å². The summed E-state index contributed by atoms with van der Waals surface area (Å²) in [5.41, 5.74) is 1.18. The van der Waals surface area contributed by atoms with Crippen molar-refractivity contribution in [2.45, 2.75) is 38.7 Å². The molecule has 2 rings (SSSR count). The predicted molar refractivity (Wildman–Crippen MR) is 117 cm³/mol. The molecule has 0 unspecified atom stereocenters. The van der Waals surface area contributed by atoms with Crippen LogP contribution < -0.4 is 4.72 Å². The number of halogens is 2. The monoisotopic (exact) mass is 471 g/mol. The second-order valence-corrected chi connectivity index (χ2v) is 9.84. The van der Waals surface area contributed by atoms with Crippen LogP contribution in [0.2, 0.25) is 10.0 Å². The molecule has 0 aliphatic carbocycles. The quantitative estimate of drug-likeness (QED) is 0.446. The molecule has 0 spiro atoms. The van der Waals surface area contributed by atoms with Gasteiger partial charge < -0.3 is 4.74 Å². The van der Waals surface area contributed by atoms with E-state index in [1.54, 1.807) is 24.3 Å². The fourth-order valence-electron chi connectivity index (χ4n) is 2.48. The van der Waals surface area contributed by atoms with E-state index < -0.39 is 22.1 Å². The molecule has 0 saturated carbocycles. The van der Waals surface area contributed by atoms with Crippen LogP contribution in [-0.2, 0) is 14.8 Å². The van der Waals surface area contributed by atoms with E-state index >= 15 is 0 Å². The van der Waals surface area contributed by atoms with Crippen molar-refractivity contribution in [3.05, 3.63) is 63.1 Å². The largest absolute Gasteiger partial charge is 0.451 e. The van der Waals surface area contributed by atoms with Crippen LogP contribution in [0, 0.1) is 12.8 Å². The molecule has 6 nitrogen and oxygen atoms in total. The summed E-state index contributed by atoms with van der Waals surface area (Å²) < 4.78 is 32.7. The van der Waals surface area contributed by atoms with Gasteiger partial charge in [0.15, 0.2) is 6.10 Å². The van der Waals surface area contributed by atoms with E-state index in [-0.39, 0.29) is 38.8 Å². The Morgan fingerprint density at radius 2 is 1.63 bits per heavy atom. The summed E-state index contributed by atoms with van der Waals surface area (Å²) in [5.74, 6) is -1.24. The SMILES string of the molecule is Cc1ccc(C(=O)[C@H](C)OC(=O)c2cc(S(=O)(=O)NCC(C)C)c(Cl)cc2Cl)cc1. The average Bonchev–Trinajstić information content (AvgIpc) is 2.66. The van der Waals surface area contributed by atoms with Gasteiger partial charge >= 0.3 is 5.97 Å². The Kier molecular flexibility index (Phi) is 8.05. The summed E-state index contributed by atoms with van der Waals surface area (Å²) in [6, 6.07) is 9.05. The van der Waals surface area contributed by atoms with E-state index in [1.807, 2.05) is 20.8 Å². The first kappa shape index (κ1) is 24.3. The van der Waals surface area contributed by atoms with Crippen molar-refractivity contribution in [2.24, 2.45) is 5.92 Å². The second kappa shape index (κ2) is 9.92. The number of carbonyl (C=O) groups is 2. The van der Waals surface area contributed by atoms with E-state index in [4.69, 9.17) is 27.9 Å². The Labute approximate surface area is 186 Å². The minimum Gasteiger partial charge on any atom is -0.451 e. The van der Waals surface area contributed by atoms with Gasteiger partial charge in [0.2, 0.25) is 15.8 Å². The van der Waals surface area contributed by atoms with Crippen LogP contribution in [0.3, 0.4) is 0 Å². The Morgan fingerprint density at radius 3 is 2.20 bits per heavy atom. The first-order chi connectivity index (χ1) is 13.9. The minimum atomic E-state index is -3.97. The summed E-state index contributed by atoms with van der Waals surface area (Å²) in [6.07, 6.45) is -1.09. The van der Waals surface area contributed by atoms with Gasteiger partial charge in [-0.25, -0.2) is 17.9 Å². The topological polar surface area (TPSA) is 89.5 Å². The summed E-state index contributed by atoms with van der Waals surface area (Å²) >= 11 is 12.1. The number of hydrogen-bond acceptors (Lipinski definition) is 5. The molecule has 0 radical (unpaired) electrons. The van der Waals surface area contributed by atoms with E-state index in [0.29, 0.717) is 5.56 Å². The van der Waals surface area contributed by atoms with E-state index in [9.17, 15) is 18.0 Å². The molecule has 0 heterocycles. The van der Waals surface area contributed by atoms with Crippen molar-refractivity contribution < 1.29 is 22.7 Å². The van der Waals surface area contributed by atoms with Gasteiger partial charge in [0.1, 0.15) is 4.90 Å². The zero-order chi connectivity index (χ0) is 22.6. The van der Waals surface area contributed by atoms with Gasteiger partial charge in [0, 0.05) is 12.1 Å². The highest BCUT2D eigenvalue weighted by Gasteiger charge is 2.26. The Hall–Kier alpha value is -1.93. The lowest BCUT2D eigenvalue weighted by atomic mass is 10.1. The zero-order valence-corrected chi connectivity index (χ0v) is 19.4. The summed E-state index contributed by atoms with van der Waals surface area (Å²) in [7, 11) is -3.97. The molecule has 0 aromatic heterocycles. The summed E-state index contributed by atoms with van der Waals surface area (Å²) in [5, 5.41) is -0.209. The highest BCUT2D eigenvalue weighted by atomic mass is 35.5. The molecule has 0 amide bonds. The van der Waals surface area contributed by atoms with Crippen LogP contribution >= 0.6 is 23.2 Å². The average molecular weight is 472 g/mol. The van der Waals surface area contributed by atoms with Crippen molar-refractivity contribution in [2.75, 3.05) is 6.54 Å². The van der Waals surface area contributed by atoms with Crippen LogP contribution in [0.25, 0.3) is 0 Å². The van der Waals surface area contributed by atoms with Gasteiger partial charge in [-0.15, -0.1) is 0 Å². The van der Waals surface area contributed by atoms with Gasteiger partial charge in [0.05, 0.1) is 15.6 Å². The van der Waals surface area contributed by atoms with Crippen molar-refractivity contribution in [1.29, 1.82) is 0 Å².